The minimum absolute atomic E-state index is 0.260. The van der Waals surface area contributed by atoms with Crippen molar-refractivity contribution in [1.82, 2.24) is 19.3 Å². The summed E-state index contributed by atoms with van der Waals surface area (Å²) in [4.78, 5) is 10.8. The van der Waals surface area contributed by atoms with E-state index < -0.39 is 5.82 Å². The van der Waals surface area contributed by atoms with Gasteiger partial charge in [0.2, 0.25) is 0 Å². The summed E-state index contributed by atoms with van der Waals surface area (Å²) in [6.07, 6.45) is 5.89. The second-order valence-electron chi connectivity index (χ2n) is 8.92. The fourth-order valence-electron chi connectivity index (χ4n) is 4.68. The Morgan fingerprint density at radius 3 is 2.60 bits per heavy atom. The molecule has 35 heavy (non-hydrogen) atoms. The van der Waals surface area contributed by atoms with E-state index in [4.69, 9.17) is 4.74 Å². The van der Waals surface area contributed by atoms with Crippen LogP contribution in [0.25, 0.3) is 27.7 Å². The van der Waals surface area contributed by atoms with E-state index in [9.17, 15) is 8.78 Å². The fourth-order valence-corrected chi connectivity index (χ4v) is 4.68. The van der Waals surface area contributed by atoms with Gasteiger partial charge in [-0.25, -0.2) is 13.8 Å². The Balaban J connectivity index is 1.31. The molecule has 2 aromatic carbocycles. The summed E-state index contributed by atoms with van der Waals surface area (Å²) in [5.74, 6) is -0.723. The van der Waals surface area contributed by atoms with Gasteiger partial charge in [0.15, 0.2) is 11.5 Å². The van der Waals surface area contributed by atoms with Gasteiger partial charge >= 0.3 is 0 Å². The third-order valence-corrected chi connectivity index (χ3v) is 6.57. The first-order chi connectivity index (χ1) is 17.1. The van der Waals surface area contributed by atoms with Crippen LogP contribution in [0.3, 0.4) is 0 Å². The van der Waals surface area contributed by atoms with Gasteiger partial charge in [0.25, 0.3) is 0 Å². The molecule has 0 bridgehead atoms. The van der Waals surface area contributed by atoms with Crippen molar-refractivity contribution in [1.29, 1.82) is 0 Å². The molecule has 1 saturated heterocycles. The van der Waals surface area contributed by atoms with Crippen LogP contribution in [0.2, 0.25) is 0 Å². The largest absolute Gasteiger partial charge is 0.379 e. The van der Waals surface area contributed by atoms with Crippen molar-refractivity contribution in [2.24, 2.45) is 0 Å². The van der Waals surface area contributed by atoms with Gasteiger partial charge in [-0.15, -0.1) is 0 Å². The Kier molecular flexibility index (Phi) is 5.72. The van der Waals surface area contributed by atoms with Crippen molar-refractivity contribution in [2.45, 2.75) is 13.0 Å². The van der Waals surface area contributed by atoms with Gasteiger partial charge in [-0.3, -0.25) is 9.88 Å². The number of rotatable bonds is 5. The Morgan fingerprint density at radius 2 is 1.74 bits per heavy atom. The van der Waals surface area contributed by atoms with Crippen molar-refractivity contribution in [3.63, 3.8) is 0 Å². The number of hydrogen-bond donors (Lipinski definition) is 0. The van der Waals surface area contributed by atoms with Crippen LogP contribution in [-0.4, -0.2) is 45.6 Å². The summed E-state index contributed by atoms with van der Waals surface area (Å²) >= 11 is 0. The highest BCUT2D eigenvalue weighted by molar-refractivity contribution is 5.79. The summed E-state index contributed by atoms with van der Waals surface area (Å²) in [5.41, 5.74) is 4.99. The maximum atomic E-state index is 15.0. The van der Waals surface area contributed by atoms with Gasteiger partial charge in [0.05, 0.1) is 18.7 Å². The monoisotopic (exact) mass is 470 g/mol. The van der Waals surface area contributed by atoms with Crippen LogP contribution in [0.1, 0.15) is 16.8 Å². The molecule has 7 heteroatoms. The lowest BCUT2D eigenvalue weighted by Crippen LogP contribution is -2.35. The minimum Gasteiger partial charge on any atom is -0.379 e. The van der Waals surface area contributed by atoms with E-state index in [-0.39, 0.29) is 11.5 Å². The van der Waals surface area contributed by atoms with Crippen LogP contribution < -0.4 is 0 Å². The molecule has 0 amide bonds. The Morgan fingerprint density at radius 1 is 0.886 bits per heavy atom. The summed E-state index contributed by atoms with van der Waals surface area (Å²) in [6.45, 7) is 3.46. The molecule has 0 N–H and O–H groups in total. The fraction of sp³-hybridized carbons (Fsp3) is 0.214. The van der Waals surface area contributed by atoms with Crippen molar-refractivity contribution < 1.29 is 13.5 Å². The highest BCUT2D eigenvalue weighted by Gasteiger charge is 2.16. The quantitative estimate of drug-likeness (QED) is 0.352. The lowest BCUT2D eigenvalue weighted by molar-refractivity contribution is 0.0337. The van der Waals surface area contributed by atoms with E-state index in [0.29, 0.717) is 42.9 Å². The predicted octanol–water partition coefficient (Wildman–Crippen LogP) is 5.25. The van der Waals surface area contributed by atoms with E-state index in [1.807, 2.05) is 36.5 Å². The minimum atomic E-state index is -0.436. The zero-order chi connectivity index (χ0) is 23.8. The first kappa shape index (κ1) is 21.8. The number of fused-ring (bicyclic) bond motifs is 2. The third-order valence-electron chi connectivity index (χ3n) is 6.57. The molecule has 5 aromatic rings. The molecular formula is C28H24F2N4O. The smallest absolute Gasteiger partial charge is 0.173 e. The van der Waals surface area contributed by atoms with Crippen LogP contribution >= 0.6 is 0 Å². The second-order valence-corrected chi connectivity index (χ2v) is 8.92. The van der Waals surface area contributed by atoms with Crippen LogP contribution in [0, 0.1) is 11.6 Å². The zero-order valence-corrected chi connectivity index (χ0v) is 19.1. The number of aromatic nitrogens is 3. The Hall–Kier alpha value is -3.68. The summed E-state index contributed by atoms with van der Waals surface area (Å²) in [7, 11) is 0. The van der Waals surface area contributed by atoms with E-state index in [1.54, 1.807) is 22.9 Å². The number of halogens is 2. The molecule has 1 aliphatic rings. The Bertz CT molecular complexity index is 1520. The molecule has 4 heterocycles. The maximum Gasteiger partial charge on any atom is 0.173 e. The highest BCUT2D eigenvalue weighted by Crippen LogP contribution is 2.26. The van der Waals surface area contributed by atoms with Crippen LogP contribution in [0.15, 0.2) is 73.2 Å². The van der Waals surface area contributed by atoms with Gasteiger partial charge in [-0.05, 0) is 41.5 Å². The van der Waals surface area contributed by atoms with Crippen LogP contribution in [-0.2, 0) is 17.7 Å². The van der Waals surface area contributed by atoms with Crippen LogP contribution in [0.4, 0.5) is 8.78 Å². The Labute approximate surface area is 201 Å². The lowest BCUT2D eigenvalue weighted by Gasteiger charge is -2.26. The predicted molar refractivity (Wildman–Crippen MR) is 131 cm³/mol. The zero-order valence-electron chi connectivity index (χ0n) is 19.1. The molecule has 0 aliphatic carbocycles. The maximum absolute atomic E-state index is 15.0. The van der Waals surface area contributed by atoms with E-state index in [0.717, 1.165) is 35.2 Å². The number of morpholine rings is 1. The van der Waals surface area contributed by atoms with Gasteiger partial charge < -0.3 is 9.14 Å². The van der Waals surface area contributed by atoms with E-state index >= 15 is 0 Å². The molecule has 0 radical (unpaired) electrons. The number of ether oxygens (including phenoxy) is 1. The van der Waals surface area contributed by atoms with Gasteiger partial charge in [-0.2, -0.15) is 0 Å². The second kappa shape index (κ2) is 9.17. The molecule has 0 unspecified atom stereocenters. The first-order valence-corrected chi connectivity index (χ1v) is 11.7. The van der Waals surface area contributed by atoms with E-state index in [2.05, 4.69) is 20.9 Å². The molecule has 0 spiro atoms. The van der Waals surface area contributed by atoms with Gasteiger partial charge in [0.1, 0.15) is 5.82 Å². The SMILES string of the molecule is Fc1cc(-c2cc(F)c3ncc(Cc4ccc5ncccc5c4)n3c2)ccc1CN1CCOCC1. The molecule has 176 valence electrons. The summed E-state index contributed by atoms with van der Waals surface area (Å²) < 4.78 is 37.1. The molecule has 3 aromatic heterocycles. The van der Waals surface area contributed by atoms with Crippen molar-refractivity contribution in [2.75, 3.05) is 26.3 Å². The van der Waals surface area contributed by atoms with E-state index in [1.165, 1.54) is 12.1 Å². The third kappa shape index (κ3) is 4.40. The lowest BCUT2D eigenvalue weighted by atomic mass is 10.0. The average molecular weight is 471 g/mol. The molecule has 1 fully saturated rings. The topological polar surface area (TPSA) is 42.7 Å². The molecule has 0 saturated carbocycles. The first-order valence-electron chi connectivity index (χ1n) is 11.7. The molecule has 6 rings (SSSR count). The normalized spacial score (nSPS) is 14.7. The summed E-state index contributed by atoms with van der Waals surface area (Å²) in [5, 5.41) is 1.05. The summed E-state index contributed by atoms with van der Waals surface area (Å²) in [6, 6.07) is 16.6. The number of hydrogen-bond acceptors (Lipinski definition) is 4. The number of pyridine rings is 2. The molecule has 5 nitrogen and oxygen atoms in total. The standard InChI is InChI=1S/C28H24F2N4O/c29-25-14-20(4-5-22(25)17-33-8-10-35-11-9-33)23-15-26(30)28-32-16-24(34(28)18-23)13-19-3-6-27-21(12-19)2-1-7-31-27/h1-7,12,14-16,18H,8-11,13,17H2. The number of nitrogens with zero attached hydrogens (tertiary/aromatic N) is 4. The highest BCUT2D eigenvalue weighted by atomic mass is 19.1. The molecule has 0 atom stereocenters. The van der Waals surface area contributed by atoms with Crippen molar-refractivity contribution in [3.8, 4) is 11.1 Å². The van der Waals surface area contributed by atoms with Gasteiger partial charge in [-0.1, -0.05) is 24.3 Å². The number of benzene rings is 2. The van der Waals surface area contributed by atoms with Crippen LogP contribution in [0.5, 0.6) is 0 Å². The van der Waals surface area contributed by atoms with Crippen molar-refractivity contribution >= 4 is 16.6 Å². The molecule has 1 aliphatic heterocycles. The number of imidazole rings is 1. The molecular weight excluding hydrogens is 446 g/mol. The van der Waals surface area contributed by atoms with Crippen molar-refractivity contribution in [3.05, 3.63) is 102 Å². The van der Waals surface area contributed by atoms with Gasteiger partial charge in [0, 0.05) is 66.9 Å². The average Bonchev–Trinajstić information content (AvgIpc) is 3.29.